The van der Waals surface area contributed by atoms with E-state index in [1.54, 1.807) is 19.4 Å². The van der Waals surface area contributed by atoms with Crippen molar-refractivity contribution >= 4 is 11.0 Å². The van der Waals surface area contributed by atoms with Crippen LogP contribution in [0.25, 0.3) is 22.2 Å². The Morgan fingerprint density at radius 1 is 1.32 bits per heavy atom. The van der Waals surface area contributed by atoms with Gasteiger partial charge >= 0.3 is 0 Å². The van der Waals surface area contributed by atoms with Crippen LogP contribution in [-0.4, -0.2) is 21.6 Å². The second-order valence-electron chi connectivity index (χ2n) is 5.70. The van der Waals surface area contributed by atoms with Crippen molar-refractivity contribution in [2.45, 2.75) is 25.8 Å². The molecule has 1 atom stereocenters. The lowest BCUT2D eigenvalue weighted by atomic mass is 10.1. The molecule has 5 heteroatoms. The van der Waals surface area contributed by atoms with E-state index in [1.165, 1.54) is 6.07 Å². The molecule has 0 N–H and O–H groups in total. The molecule has 112 valence electrons. The van der Waals surface area contributed by atoms with Crippen molar-refractivity contribution < 1.29 is 9.13 Å². The highest BCUT2D eigenvalue weighted by atomic mass is 19.1. The molecular formula is C17H16FN3O. The van der Waals surface area contributed by atoms with Gasteiger partial charge in [-0.25, -0.2) is 14.4 Å². The standard InChI is InChI=1S/C17H16FN3O/c1-10-3-5-16-20-14-8-13(18)12(7-15(14)21(10)16)11-4-6-17(22-2)19-9-11/h4,6-10H,3,5H2,1-2H3/t10-/m0/s1. The van der Waals surface area contributed by atoms with Crippen molar-refractivity contribution in [1.82, 2.24) is 14.5 Å². The summed E-state index contributed by atoms with van der Waals surface area (Å²) in [5.41, 5.74) is 3.00. The summed E-state index contributed by atoms with van der Waals surface area (Å²) >= 11 is 0. The third-order valence-corrected chi connectivity index (χ3v) is 4.33. The van der Waals surface area contributed by atoms with E-state index in [9.17, 15) is 4.39 Å². The van der Waals surface area contributed by atoms with Crippen LogP contribution in [0, 0.1) is 5.82 Å². The Kier molecular flexibility index (Phi) is 2.89. The van der Waals surface area contributed by atoms with Crippen LogP contribution >= 0.6 is 0 Å². The summed E-state index contributed by atoms with van der Waals surface area (Å²) in [5, 5.41) is 0. The van der Waals surface area contributed by atoms with Gasteiger partial charge in [0.05, 0.1) is 18.1 Å². The van der Waals surface area contributed by atoms with Gasteiger partial charge < -0.3 is 9.30 Å². The molecule has 0 spiro atoms. The van der Waals surface area contributed by atoms with E-state index in [-0.39, 0.29) is 5.82 Å². The minimum atomic E-state index is -0.274. The first-order valence-electron chi connectivity index (χ1n) is 7.38. The van der Waals surface area contributed by atoms with Crippen molar-refractivity contribution in [2.24, 2.45) is 0 Å². The number of benzene rings is 1. The SMILES string of the molecule is COc1ccc(-c2cc3c(cc2F)nc2n3[C@@H](C)CC2)cn1. The Bertz CT molecular complexity index is 854. The Hall–Kier alpha value is -2.43. The number of fused-ring (bicyclic) bond motifs is 3. The molecule has 3 aromatic rings. The van der Waals surface area contributed by atoms with Gasteiger partial charge in [-0.05, 0) is 25.5 Å². The minimum absolute atomic E-state index is 0.274. The summed E-state index contributed by atoms with van der Waals surface area (Å²) < 4.78 is 21.7. The van der Waals surface area contributed by atoms with Crippen LogP contribution in [-0.2, 0) is 6.42 Å². The summed E-state index contributed by atoms with van der Waals surface area (Å²) in [6.45, 7) is 2.18. The summed E-state index contributed by atoms with van der Waals surface area (Å²) in [6, 6.07) is 7.37. The average molecular weight is 297 g/mol. The molecule has 0 saturated carbocycles. The second-order valence-corrected chi connectivity index (χ2v) is 5.70. The van der Waals surface area contributed by atoms with Crippen LogP contribution in [0.3, 0.4) is 0 Å². The van der Waals surface area contributed by atoms with Crippen molar-refractivity contribution in [3.8, 4) is 17.0 Å². The van der Waals surface area contributed by atoms with E-state index >= 15 is 0 Å². The van der Waals surface area contributed by atoms with Gasteiger partial charge in [-0.3, -0.25) is 0 Å². The monoisotopic (exact) mass is 297 g/mol. The molecule has 3 heterocycles. The highest BCUT2D eigenvalue weighted by Gasteiger charge is 2.23. The van der Waals surface area contributed by atoms with Crippen molar-refractivity contribution in [1.29, 1.82) is 0 Å². The predicted octanol–water partition coefficient (Wildman–Crippen LogP) is 3.75. The molecule has 1 aliphatic rings. The van der Waals surface area contributed by atoms with Crippen LogP contribution in [0.4, 0.5) is 4.39 Å². The number of pyridine rings is 1. The van der Waals surface area contributed by atoms with Gasteiger partial charge in [-0.2, -0.15) is 0 Å². The van der Waals surface area contributed by atoms with E-state index in [2.05, 4.69) is 21.5 Å². The first-order valence-corrected chi connectivity index (χ1v) is 7.38. The average Bonchev–Trinajstić information content (AvgIpc) is 3.06. The molecule has 1 aliphatic heterocycles. The van der Waals surface area contributed by atoms with Crippen molar-refractivity contribution in [2.75, 3.05) is 7.11 Å². The van der Waals surface area contributed by atoms with Crippen molar-refractivity contribution in [3.63, 3.8) is 0 Å². The Morgan fingerprint density at radius 2 is 2.18 bits per heavy atom. The lowest BCUT2D eigenvalue weighted by Crippen LogP contribution is -1.98. The van der Waals surface area contributed by atoms with E-state index in [4.69, 9.17) is 4.74 Å². The zero-order valence-electron chi connectivity index (χ0n) is 12.5. The smallest absolute Gasteiger partial charge is 0.212 e. The van der Waals surface area contributed by atoms with Gasteiger partial charge in [0.1, 0.15) is 11.6 Å². The van der Waals surface area contributed by atoms with E-state index in [1.807, 2.05) is 12.1 Å². The number of hydrogen-bond donors (Lipinski definition) is 0. The van der Waals surface area contributed by atoms with Gasteiger partial charge in [0.2, 0.25) is 5.88 Å². The van der Waals surface area contributed by atoms with Crippen molar-refractivity contribution in [3.05, 3.63) is 42.1 Å². The first kappa shape index (κ1) is 13.2. The highest BCUT2D eigenvalue weighted by molar-refractivity contribution is 5.83. The maximum atomic E-state index is 14.4. The number of nitrogens with zero attached hydrogens (tertiary/aromatic N) is 3. The summed E-state index contributed by atoms with van der Waals surface area (Å²) in [7, 11) is 1.56. The molecule has 0 bridgehead atoms. The maximum absolute atomic E-state index is 14.4. The molecule has 0 saturated heterocycles. The summed E-state index contributed by atoms with van der Waals surface area (Å²) in [6.07, 6.45) is 3.68. The van der Waals surface area contributed by atoms with Gasteiger partial charge in [0.25, 0.3) is 0 Å². The lowest BCUT2D eigenvalue weighted by molar-refractivity contribution is 0.398. The third-order valence-electron chi connectivity index (χ3n) is 4.33. The predicted molar refractivity (Wildman–Crippen MR) is 82.5 cm³/mol. The Balaban J connectivity index is 1.90. The lowest BCUT2D eigenvalue weighted by Gasteiger charge is -2.10. The number of imidazole rings is 1. The normalized spacial score (nSPS) is 17.0. The fourth-order valence-electron chi connectivity index (χ4n) is 3.18. The fraction of sp³-hybridized carbons (Fsp3) is 0.294. The largest absolute Gasteiger partial charge is 0.481 e. The van der Waals surface area contributed by atoms with Gasteiger partial charge in [-0.1, -0.05) is 0 Å². The Morgan fingerprint density at radius 3 is 2.91 bits per heavy atom. The molecule has 0 radical (unpaired) electrons. The van der Waals surface area contributed by atoms with E-state index in [0.29, 0.717) is 17.5 Å². The van der Waals surface area contributed by atoms with Crippen LogP contribution in [0.5, 0.6) is 5.88 Å². The minimum Gasteiger partial charge on any atom is -0.481 e. The molecule has 0 aliphatic carbocycles. The van der Waals surface area contributed by atoms with Gasteiger partial charge in [-0.15, -0.1) is 0 Å². The number of rotatable bonds is 2. The topological polar surface area (TPSA) is 39.9 Å². The first-order chi connectivity index (χ1) is 10.7. The van der Waals surface area contributed by atoms with Gasteiger partial charge in [0.15, 0.2) is 0 Å². The van der Waals surface area contributed by atoms with Gasteiger partial charge in [0, 0.05) is 41.9 Å². The molecule has 22 heavy (non-hydrogen) atoms. The zero-order valence-corrected chi connectivity index (χ0v) is 12.5. The number of ether oxygens (including phenoxy) is 1. The van der Waals surface area contributed by atoms with Crippen LogP contribution in [0.1, 0.15) is 25.2 Å². The quantitative estimate of drug-likeness (QED) is 0.723. The molecule has 0 unspecified atom stereocenters. The molecule has 1 aromatic carbocycles. The van der Waals surface area contributed by atoms with Crippen LogP contribution in [0.15, 0.2) is 30.5 Å². The highest BCUT2D eigenvalue weighted by Crippen LogP contribution is 2.34. The third kappa shape index (κ3) is 1.89. The fourth-order valence-corrected chi connectivity index (χ4v) is 3.18. The van der Waals surface area contributed by atoms with E-state index < -0.39 is 0 Å². The molecular weight excluding hydrogens is 281 g/mol. The number of aromatic nitrogens is 3. The van der Waals surface area contributed by atoms with E-state index in [0.717, 1.165) is 35.3 Å². The maximum Gasteiger partial charge on any atom is 0.212 e. The number of aryl methyl sites for hydroxylation is 1. The number of methoxy groups -OCH3 is 1. The molecule has 4 rings (SSSR count). The van der Waals surface area contributed by atoms with Crippen LogP contribution < -0.4 is 4.74 Å². The number of halogens is 1. The molecule has 0 amide bonds. The second kappa shape index (κ2) is 4.80. The molecule has 4 nitrogen and oxygen atoms in total. The molecule has 0 fully saturated rings. The summed E-state index contributed by atoms with van der Waals surface area (Å²) in [5.74, 6) is 1.29. The van der Waals surface area contributed by atoms with Crippen LogP contribution in [0.2, 0.25) is 0 Å². The Labute approximate surface area is 127 Å². The zero-order chi connectivity index (χ0) is 15.3. The number of hydrogen-bond acceptors (Lipinski definition) is 3. The summed E-state index contributed by atoms with van der Waals surface area (Å²) in [4.78, 5) is 8.71. The molecule has 2 aromatic heterocycles.